The summed E-state index contributed by atoms with van der Waals surface area (Å²) >= 11 is 0. The van der Waals surface area contributed by atoms with Crippen LogP contribution in [0.1, 0.15) is 24.4 Å². The van der Waals surface area contributed by atoms with Crippen LogP contribution in [0.25, 0.3) is 0 Å². The van der Waals surface area contributed by atoms with Crippen LogP contribution in [-0.4, -0.2) is 51.1 Å². The molecule has 1 fully saturated rings. The molecule has 1 aliphatic rings. The molecule has 1 aliphatic heterocycles. The highest BCUT2D eigenvalue weighted by atomic mass is 19.1. The topological polar surface area (TPSA) is 127 Å². The molecule has 1 saturated heterocycles. The molecule has 0 amide bonds. The predicted octanol–water partition coefficient (Wildman–Crippen LogP) is 0.128. The first-order valence-corrected chi connectivity index (χ1v) is 6.63. The molecule has 0 aromatic heterocycles. The summed E-state index contributed by atoms with van der Waals surface area (Å²) in [5.74, 6) is -3.67. The highest BCUT2D eigenvalue weighted by Crippen LogP contribution is 2.22. The van der Waals surface area contributed by atoms with E-state index in [9.17, 15) is 14.0 Å². The van der Waals surface area contributed by atoms with E-state index in [4.69, 9.17) is 20.4 Å². The van der Waals surface area contributed by atoms with Gasteiger partial charge in [-0.3, -0.25) is 0 Å². The average molecular weight is 315 g/mol. The van der Waals surface area contributed by atoms with Crippen molar-refractivity contribution in [2.75, 3.05) is 6.54 Å². The largest absolute Gasteiger partial charge is 0.479 e. The maximum absolute atomic E-state index is 12.8. The van der Waals surface area contributed by atoms with Gasteiger partial charge in [0.1, 0.15) is 5.82 Å². The number of hydrogen-bond acceptors (Lipinski definition) is 5. The summed E-state index contributed by atoms with van der Waals surface area (Å²) in [4.78, 5) is 19.5. The number of hydrogen-bond donors (Lipinski definition) is 5. The number of aliphatic hydroxyl groups is 2. The summed E-state index contributed by atoms with van der Waals surface area (Å²) in [5, 5.41) is 35.9. The third-order valence-electron chi connectivity index (χ3n) is 3.12. The lowest BCUT2D eigenvalue weighted by Crippen LogP contribution is -2.39. The monoisotopic (exact) mass is 315 g/mol. The molecule has 122 valence electrons. The van der Waals surface area contributed by atoms with Crippen LogP contribution >= 0.6 is 0 Å². The molecule has 1 aromatic carbocycles. The molecule has 5 N–H and O–H groups in total. The number of carboxylic acid groups (broad SMARTS) is 2. The van der Waals surface area contributed by atoms with Crippen LogP contribution in [0.2, 0.25) is 0 Å². The van der Waals surface area contributed by atoms with E-state index in [0.29, 0.717) is 6.04 Å². The summed E-state index contributed by atoms with van der Waals surface area (Å²) < 4.78 is 12.8. The highest BCUT2D eigenvalue weighted by Gasteiger charge is 2.29. The normalized spacial score (nSPS) is 19.7. The lowest BCUT2D eigenvalue weighted by atomic mass is 10.1. The van der Waals surface area contributed by atoms with Crippen molar-refractivity contribution in [3.63, 3.8) is 0 Å². The molecule has 3 atom stereocenters. The van der Waals surface area contributed by atoms with Gasteiger partial charge in [-0.25, -0.2) is 14.0 Å². The summed E-state index contributed by atoms with van der Waals surface area (Å²) in [6, 6.07) is 7.22. The second-order valence-corrected chi connectivity index (χ2v) is 4.77. The summed E-state index contributed by atoms with van der Waals surface area (Å²) in [7, 11) is 0. The van der Waals surface area contributed by atoms with E-state index >= 15 is 0 Å². The van der Waals surface area contributed by atoms with Crippen LogP contribution in [0.4, 0.5) is 4.39 Å². The Bertz CT molecular complexity index is 500. The Morgan fingerprint density at radius 3 is 2.18 bits per heavy atom. The maximum atomic E-state index is 12.8. The first kappa shape index (κ1) is 18.0. The summed E-state index contributed by atoms with van der Waals surface area (Å²) in [6.07, 6.45) is -2.21. The Balaban J connectivity index is 0.000000225. The van der Waals surface area contributed by atoms with Crippen molar-refractivity contribution in [2.45, 2.75) is 31.1 Å². The van der Waals surface area contributed by atoms with Gasteiger partial charge < -0.3 is 25.7 Å². The zero-order valence-electron chi connectivity index (χ0n) is 11.6. The van der Waals surface area contributed by atoms with Crippen molar-refractivity contribution in [1.29, 1.82) is 0 Å². The van der Waals surface area contributed by atoms with Gasteiger partial charge in [-0.1, -0.05) is 12.1 Å². The molecule has 0 radical (unpaired) electrons. The fourth-order valence-electron chi connectivity index (χ4n) is 1.96. The molecule has 0 spiro atoms. The van der Waals surface area contributed by atoms with Gasteiger partial charge in [0.25, 0.3) is 0 Å². The molecule has 7 nitrogen and oxygen atoms in total. The fraction of sp³-hybridized carbons (Fsp3) is 0.429. The molecular weight excluding hydrogens is 297 g/mol. The van der Waals surface area contributed by atoms with Gasteiger partial charge >= 0.3 is 11.9 Å². The zero-order valence-corrected chi connectivity index (χ0v) is 11.6. The van der Waals surface area contributed by atoms with Crippen LogP contribution in [0, 0.1) is 5.82 Å². The number of rotatable bonds is 4. The van der Waals surface area contributed by atoms with E-state index < -0.39 is 24.1 Å². The van der Waals surface area contributed by atoms with Gasteiger partial charge in [0, 0.05) is 6.04 Å². The number of aliphatic hydroxyl groups excluding tert-OH is 2. The lowest BCUT2D eigenvalue weighted by Gasteiger charge is -2.09. The van der Waals surface area contributed by atoms with Gasteiger partial charge in [-0.05, 0) is 37.1 Å². The molecule has 3 unspecified atom stereocenters. The average Bonchev–Trinajstić information content (AvgIpc) is 3.00. The fourth-order valence-corrected chi connectivity index (χ4v) is 1.96. The summed E-state index contributed by atoms with van der Waals surface area (Å²) in [5.41, 5.74) is 1.08. The smallest absolute Gasteiger partial charge is 0.335 e. The third-order valence-corrected chi connectivity index (χ3v) is 3.12. The predicted molar refractivity (Wildman–Crippen MR) is 73.7 cm³/mol. The molecule has 1 heterocycles. The Morgan fingerprint density at radius 1 is 1.18 bits per heavy atom. The molecular formula is C14H18FNO6. The molecule has 0 saturated carbocycles. The van der Waals surface area contributed by atoms with Gasteiger partial charge in [-0.2, -0.15) is 0 Å². The van der Waals surface area contributed by atoms with E-state index in [1.54, 1.807) is 12.1 Å². The van der Waals surface area contributed by atoms with Crippen molar-refractivity contribution >= 4 is 11.9 Å². The number of carbonyl (C=O) groups is 2. The SMILES string of the molecule is Fc1cccc(C2CCCN2)c1.O=C(O)C(O)C(O)C(=O)O. The number of carboxylic acids is 2. The van der Waals surface area contributed by atoms with Crippen LogP contribution in [0.3, 0.4) is 0 Å². The third kappa shape index (κ3) is 5.40. The second-order valence-electron chi connectivity index (χ2n) is 4.77. The van der Waals surface area contributed by atoms with E-state index in [1.165, 1.54) is 12.5 Å². The Hall–Kier alpha value is -2.03. The molecule has 1 aromatic rings. The van der Waals surface area contributed by atoms with Gasteiger partial charge in [0.2, 0.25) is 0 Å². The molecule has 22 heavy (non-hydrogen) atoms. The Morgan fingerprint density at radius 2 is 1.77 bits per heavy atom. The van der Waals surface area contributed by atoms with E-state index in [1.807, 2.05) is 6.07 Å². The molecule has 0 aliphatic carbocycles. The van der Waals surface area contributed by atoms with E-state index in [0.717, 1.165) is 18.5 Å². The van der Waals surface area contributed by atoms with Crippen LogP contribution in [0.15, 0.2) is 24.3 Å². The van der Waals surface area contributed by atoms with Crippen molar-refractivity contribution in [1.82, 2.24) is 5.32 Å². The minimum absolute atomic E-state index is 0.138. The number of aliphatic carboxylic acids is 2. The van der Waals surface area contributed by atoms with Crippen molar-refractivity contribution in [3.05, 3.63) is 35.6 Å². The van der Waals surface area contributed by atoms with Crippen molar-refractivity contribution < 1.29 is 34.4 Å². The van der Waals surface area contributed by atoms with Gasteiger partial charge in [-0.15, -0.1) is 0 Å². The van der Waals surface area contributed by atoms with Crippen LogP contribution in [-0.2, 0) is 9.59 Å². The standard InChI is InChI=1S/C10H12FN.C4H6O6/c11-9-4-1-3-8(7-9)10-5-2-6-12-10;5-1(3(7)8)2(6)4(9)10/h1,3-4,7,10,12H,2,5-6H2;1-2,5-6H,(H,7,8)(H,9,10). The van der Waals surface area contributed by atoms with E-state index in [2.05, 4.69) is 5.32 Å². The minimum Gasteiger partial charge on any atom is -0.479 e. The van der Waals surface area contributed by atoms with Crippen LogP contribution < -0.4 is 5.32 Å². The minimum atomic E-state index is -2.27. The maximum Gasteiger partial charge on any atom is 0.335 e. The van der Waals surface area contributed by atoms with Crippen molar-refractivity contribution in [3.8, 4) is 0 Å². The number of halogens is 1. The molecule has 2 rings (SSSR count). The molecule has 8 heteroatoms. The molecule has 0 bridgehead atoms. The Labute approximate surface area is 126 Å². The second kappa shape index (κ2) is 8.42. The first-order chi connectivity index (χ1) is 10.3. The quantitative estimate of drug-likeness (QED) is 0.534. The Kier molecular flexibility index (Phi) is 6.90. The van der Waals surface area contributed by atoms with Crippen LogP contribution in [0.5, 0.6) is 0 Å². The van der Waals surface area contributed by atoms with Gasteiger partial charge in [0.15, 0.2) is 12.2 Å². The van der Waals surface area contributed by atoms with Gasteiger partial charge in [0.05, 0.1) is 0 Å². The zero-order chi connectivity index (χ0) is 16.7. The first-order valence-electron chi connectivity index (χ1n) is 6.63. The number of nitrogens with one attached hydrogen (secondary N) is 1. The lowest BCUT2D eigenvalue weighted by molar-refractivity contribution is -0.165. The van der Waals surface area contributed by atoms with Crippen molar-refractivity contribution in [2.24, 2.45) is 0 Å². The number of benzene rings is 1. The highest BCUT2D eigenvalue weighted by molar-refractivity contribution is 5.83. The van der Waals surface area contributed by atoms with E-state index in [-0.39, 0.29) is 5.82 Å². The summed E-state index contributed by atoms with van der Waals surface area (Å²) in [6.45, 7) is 1.06.